The Balaban J connectivity index is 2.99. The molecule has 2 N–H and O–H groups in total. The van der Waals surface area contributed by atoms with Crippen LogP contribution < -0.4 is 5.73 Å². The maximum Gasteiger partial charge on any atom is 0.331 e. The molecule has 1 aromatic carbocycles. The Labute approximate surface area is 148 Å². The Bertz CT molecular complexity index is 618. The first-order chi connectivity index (χ1) is 11.7. The molecule has 136 valence electrons. The van der Waals surface area contributed by atoms with Gasteiger partial charge in [-0.05, 0) is 32.8 Å². The van der Waals surface area contributed by atoms with Crippen LogP contribution in [0.3, 0.4) is 0 Å². The Hall–Kier alpha value is -2.47. The molecule has 0 bridgehead atoms. The summed E-state index contributed by atoms with van der Waals surface area (Å²) in [6.45, 7) is 8.46. The topological polar surface area (TPSA) is 95.7 Å². The van der Waals surface area contributed by atoms with Crippen molar-refractivity contribution in [2.75, 3.05) is 6.61 Å². The Morgan fingerprint density at radius 1 is 1.16 bits per heavy atom. The molecule has 0 fully saturated rings. The van der Waals surface area contributed by atoms with Crippen LogP contribution in [0.5, 0.6) is 0 Å². The van der Waals surface area contributed by atoms with Gasteiger partial charge in [-0.25, -0.2) is 4.79 Å². The van der Waals surface area contributed by atoms with Gasteiger partial charge in [0, 0.05) is 0 Å². The van der Waals surface area contributed by atoms with Crippen LogP contribution in [-0.2, 0) is 30.3 Å². The number of ether oxygens (including phenoxy) is 2. The van der Waals surface area contributed by atoms with Crippen LogP contribution in [0.1, 0.15) is 26.3 Å². The van der Waals surface area contributed by atoms with Crippen molar-refractivity contribution >= 4 is 17.7 Å². The maximum absolute atomic E-state index is 12.6. The third kappa shape index (κ3) is 6.89. The third-order valence-electron chi connectivity index (χ3n) is 3.22. The molecule has 0 radical (unpaired) electrons. The monoisotopic (exact) mass is 347 g/mol. The normalized spacial score (nSPS) is 13.4. The van der Waals surface area contributed by atoms with Crippen molar-refractivity contribution in [2.45, 2.75) is 38.8 Å². The van der Waals surface area contributed by atoms with E-state index in [2.05, 4.69) is 6.58 Å². The van der Waals surface area contributed by atoms with Gasteiger partial charge in [-0.2, -0.15) is 0 Å². The Morgan fingerprint density at radius 2 is 1.76 bits per heavy atom. The van der Waals surface area contributed by atoms with E-state index >= 15 is 0 Å². The molecular formula is C19H25NO5. The summed E-state index contributed by atoms with van der Waals surface area (Å²) >= 11 is 0. The number of hydrogen-bond acceptors (Lipinski definition) is 6. The summed E-state index contributed by atoms with van der Waals surface area (Å²) in [5.74, 6) is -3.53. The summed E-state index contributed by atoms with van der Waals surface area (Å²) in [4.78, 5) is 36.9. The van der Waals surface area contributed by atoms with Gasteiger partial charge in [0.2, 0.25) is 0 Å². The minimum absolute atomic E-state index is 0.0599. The van der Waals surface area contributed by atoms with Crippen LogP contribution in [-0.4, -0.2) is 36.0 Å². The van der Waals surface area contributed by atoms with Crippen molar-refractivity contribution in [1.82, 2.24) is 0 Å². The van der Waals surface area contributed by atoms with Gasteiger partial charge in [0.15, 0.2) is 11.8 Å². The predicted molar refractivity (Wildman–Crippen MR) is 93.6 cm³/mol. The summed E-state index contributed by atoms with van der Waals surface area (Å²) in [5.41, 5.74) is 5.69. The molecule has 0 amide bonds. The number of nitrogens with two attached hydrogens (primary N) is 1. The van der Waals surface area contributed by atoms with E-state index in [1.807, 2.05) is 6.07 Å². The molecule has 2 atom stereocenters. The Morgan fingerprint density at radius 3 is 2.28 bits per heavy atom. The highest BCUT2D eigenvalue weighted by molar-refractivity contribution is 6.11. The molecule has 0 aliphatic carbocycles. The maximum atomic E-state index is 12.6. The Kier molecular flexibility index (Phi) is 7.51. The molecule has 6 heteroatoms. The highest BCUT2D eigenvalue weighted by atomic mass is 16.6. The quantitative estimate of drug-likeness (QED) is 0.438. The molecule has 0 saturated heterocycles. The van der Waals surface area contributed by atoms with Crippen molar-refractivity contribution < 1.29 is 23.9 Å². The van der Waals surface area contributed by atoms with Crippen LogP contribution in [0.25, 0.3) is 0 Å². The minimum Gasteiger partial charge on any atom is -0.460 e. The van der Waals surface area contributed by atoms with E-state index in [0.29, 0.717) is 0 Å². The predicted octanol–water partition coefficient (Wildman–Crippen LogP) is 1.81. The second-order valence-electron chi connectivity index (χ2n) is 6.57. The summed E-state index contributed by atoms with van der Waals surface area (Å²) in [7, 11) is 0. The first-order valence-electron chi connectivity index (χ1n) is 7.99. The van der Waals surface area contributed by atoms with Crippen LogP contribution in [0.15, 0.2) is 43.0 Å². The fourth-order valence-electron chi connectivity index (χ4n) is 2.09. The number of rotatable bonds is 8. The largest absolute Gasteiger partial charge is 0.460 e. The minimum atomic E-state index is -1.55. The smallest absolute Gasteiger partial charge is 0.331 e. The van der Waals surface area contributed by atoms with E-state index in [1.54, 1.807) is 45.0 Å². The van der Waals surface area contributed by atoms with Gasteiger partial charge < -0.3 is 15.2 Å². The SMILES string of the molecule is C=CCOC(=O)C(N)C(=O)C(Cc1ccccc1)C(=O)OC(C)(C)C. The van der Waals surface area contributed by atoms with Gasteiger partial charge in [-0.1, -0.05) is 43.0 Å². The second-order valence-corrected chi connectivity index (χ2v) is 6.57. The second kappa shape index (κ2) is 9.13. The van der Waals surface area contributed by atoms with Gasteiger partial charge in [-0.15, -0.1) is 0 Å². The summed E-state index contributed by atoms with van der Waals surface area (Å²) in [5, 5.41) is 0. The standard InChI is InChI=1S/C19H25NO5/c1-5-11-24-18(23)15(20)16(21)14(17(22)25-19(2,3)4)12-13-9-7-6-8-10-13/h5-10,14-15H,1,11-12,20H2,2-4H3. The van der Waals surface area contributed by atoms with Crippen molar-refractivity contribution in [3.05, 3.63) is 48.6 Å². The van der Waals surface area contributed by atoms with Gasteiger partial charge in [0.1, 0.15) is 18.1 Å². The number of carbonyl (C=O) groups is 3. The number of ketones is 1. The molecule has 25 heavy (non-hydrogen) atoms. The van der Waals surface area contributed by atoms with Crippen molar-refractivity contribution in [3.63, 3.8) is 0 Å². The summed E-state index contributed by atoms with van der Waals surface area (Å²) < 4.78 is 10.1. The summed E-state index contributed by atoms with van der Waals surface area (Å²) in [6, 6.07) is 7.43. The number of Topliss-reactive ketones (excluding diaryl/α,β-unsaturated/α-hetero) is 1. The molecule has 0 saturated carbocycles. The fourth-order valence-corrected chi connectivity index (χ4v) is 2.09. The molecular weight excluding hydrogens is 322 g/mol. The first kappa shape index (κ1) is 20.6. The van der Waals surface area contributed by atoms with Gasteiger partial charge in [-0.3, -0.25) is 9.59 Å². The average Bonchev–Trinajstić information content (AvgIpc) is 2.55. The van der Waals surface area contributed by atoms with E-state index < -0.39 is 35.3 Å². The van der Waals surface area contributed by atoms with E-state index in [0.717, 1.165) is 5.56 Å². The lowest BCUT2D eigenvalue weighted by Crippen LogP contribution is -2.47. The molecule has 0 aromatic heterocycles. The number of hydrogen-bond donors (Lipinski definition) is 1. The third-order valence-corrected chi connectivity index (χ3v) is 3.22. The van der Waals surface area contributed by atoms with Gasteiger partial charge in [0.05, 0.1) is 0 Å². The lowest BCUT2D eigenvalue weighted by molar-refractivity contribution is -0.163. The van der Waals surface area contributed by atoms with E-state index in [9.17, 15) is 14.4 Å². The van der Waals surface area contributed by atoms with Gasteiger partial charge >= 0.3 is 11.9 Å². The highest BCUT2D eigenvalue weighted by Gasteiger charge is 2.37. The van der Waals surface area contributed by atoms with Crippen LogP contribution in [0, 0.1) is 5.92 Å². The van der Waals surface area contributed by atoms with E-state index in [1.165, 1.54) is 6.08 Å². The number of esters is 2. The molecule has 1 rings (SSSR count). The molecule has 0 aliphatic rings. The summed E-state index contributed by atoms with van der Waals surface area (Å²) in [6.07, 6.45) is 1.46. The van der Waals surface area contributed by atoms with Crippen LogP contribution >= 0.6 is 0 Å². The molecule has 6 nitrogen and oxygen atoms in total. The van der Waals surface area contributed by atoms with Crippen molar-refractivity contribution in [3.8, 4) is 0 Å². The molecule has 1 aromatic rings. The van der Waals surface area contributed by atoms with Crippen molar-refractivity contribution in [1.29, 1.82) is 0 Å². The van der Waals surface area contributed by atoms with Gasteiger partial charge in [0.25, 0.3) is 0 Å². The lowest BCUT2D eigenvalue weighted by atomic mass is 9.91. The number of benzene rings is 1. The van der Waals surface area contributed by atoms with Crippen LogP contribution in [0.2, 0.25) is 0 Å². The zero-order chi connectivity index (χ0) is 19.0. The average molecular weight is 347 g/mol. The van der Waals surface area contributed by atoms with Crippen LogP contribution in [0.4, 0.5) is 0 Å². The highest BCUT2D eigenvalue weighted by Crippen LogP contribution is 2.18. The van der Waals surface area contributed by atoms with Crippen molar-refractivity contribution in [2.24, 2.45) is 11.7 Å². The fraction of sp³-hybridized carbons (Fsp3) is 0.421. The number of carbonyl (C=O) groups excluding carboxylic acids is 3. The molecule has 0 heterocycles. The molecule has 2 unspecified atom stereocenters. The first-order valence-corrected chi connectivity index (χ1v) is 7.99. The zero-order valence-corrected chi connectivity index (χ0v) is 14.9. The van der Waals surface area contributed by atoms with E-state index in [-0.39, 0.29) is 13.0 Å². The molecule has 0 spiro atoms. The zero-order valence-electron chi connectivity index (χ0n) is 14.9. The lowest BCUT2D eigenvalue weighted by Gasteiger charge is -2.24. The molecule has 0 aliphatic heterocycles. The van der Waals surface area contributed by atoms with E-state index in [4.69, 9.17) is 15.2 Å².